The first-order chi connectivity index (χ1) is 8.70. The van der Waals surface area contributed by atoms with Crippen LogP contribution in [0.3, 0.4) is 0 Å². The lowest BCUT2D eigenvalue weighted by molar-refractivity contribution is 0.535. The van der Waals surface area contributed by atoms with Crippen molar-refractivity contribution in [1.82, 2.24) is 15.4 Å². The first-order valence-electron chi connectivity index (χ1n) is 5.36. The highest BCUT2D eigenvalue weighted by Crippen LogP contribution is 2.23. The molecule has 0 spiro atoms. The number of nitrogens with zero attached hydrogens (tertiary/aromatic N) is 2. The van der Waals surface area contributed by atoms with E-state index in [9.17, 15) is 4.39 Å². The minimum absolute atomic E-state index is 0.144. The molecule has 4 nitrogen and oxygen atoms in total. The van der Waals surface area contributed by atoms with Crippen LogP contribution in [-0.4, -0.2) is 9.97 Å². The monoisotopic (exact) mass is 310 g/mol. The van der Waals surface area contributed by atoms with Crippen molar-refractivity contribution in [2.75, 3.05) is 0 Å². The molecule has 0 bridgehead atoms. The molecule has 0 aliphatic heterocycles. The molecule has 0 aliphatic carbocycles. The van der Waals surface area contributed by atoms with Crippen LogP contribution >= 0.6 is 15.9 Å². The second kappa shape index (κ2) is 5.99. The Hall–Kier alpha value is -1.37. The van der Waals surface area contributed by atoms with Crippen LogP contribution in [-0.2, 0) is 6.42 Å². The summed E-state index contributed by atoms with van der Waals surface area (Å²) in [5, 5.41) is 0. The molecule has 3 N–H and O–H groups in total. The molecule has 6 heteroatoms. The molecule has 1 unspecified atom stereocenters. The molecule has 0 saturated heterocycles. The summed E-state index contributed by atoms with van der Waals surface area (Å²) in [6.45, 7) is 0. The third-order valence-corrected chi connectivity index (χ3v) is 3.34. The quantitative estimate of drug-likeness (QED) is 0.671. The van der Waals surface area contributed by atoms with Gasteiger partial charge in [0.2, 0.25) is 0 Å². The third kappa shape index (κ3) is 3.10. The van der Waals surface area contributed by atoms with Crippen molar-refractivity contribution in [3.05, 3.63) is 58.3 Å². The highest BCUT2D eigenvalue weighted by atomic mass is 79.9. The second-order valence-corrected chi connectivity index (χ2v) is 4.65. The molecule has 0 saturated carbocycles. The number of hydrazine groups is 1. The highest BCUT2D eigenvalue weighted by Gasteiger charge is 2.13. The predicted octanol–water partition coefficient (Wildman–Crippen LogP) is 2.13. The Balaban J connectivity index is 2.21. The van der Waals surface area contributed by atoms with Gasteiger partial charge in [0.15, 0.2) is 0 Å². The van der Waals surface area contributed by atoms with E-state index in [4.69, 9.17) is 5.84 Å². The summed E-state index contributed by atoms with van der Waals surface area (Å²) in [4.78, 5) is 8.01. The summed E-state index contributed by atoms with van der Waals surface area (Å²) in [6.07, 6.45) is 3.74. The number of hydrogen-bond acceptors (Lipinski definition) is 4. The van der Waals surface area contributed by atoms with Crippen molar-refractivity contribution >= 4 is 15.9 Å². The lowest BCUT2D eigenvalue weighted by Crippen LogP contribution is -2.30. The normalized spacial score (nSPS) is 12.4. The largest absolute Gasteiger partial charge is 0.271 e. The summed E-state index contributed by atoms with van der Waals surface area (Å²) in [7, 11) is 0. The minimum Gasteiger partial charge on any atom is -0.271 e. The average Bonchev–Trinajstić information content (AvgIpc) is 2.39. The molecule has 1 heterocycles. The number of hydrogen-bond donors (Lipinski definition) is 2. The van der Waals surface area contributed by atoms with Crippen LogP contribution in [0.5, 0.6) is 0 Å². The molecular formula is C12H12BrFN4. The molecule has 2 aromatic rings. The molecule has 0 aliphatic rings. The van der Waals surface area contributed by atoms with Gasteiger partial charge in [-0.15, -0.1) is 0 Å². The van der Waals surface area contributed by atoms with E-state index >= 15 is 0 Å². The van der Waals surface area contributed by atoms with Crippen LogP contribution in [0.1, 0.15) is 17.3 Å². The maximum atomic E-state index is 13.0. The van der Waals surface area contributed by atoms with E-state index in [0.717, 1.165) is 15.7 Å². The van der Waals surface area contributed by atoms with Gasteiger partial charge >= 0.3 is 0 Å². The zero-order valence-corrected chi connectivity index (χ0v) is 11.1. The Morgan fingerprint density at radius 2 is 2.22 bits per heavy atom. The number of benzene rings is 1. The zero-order chi connectivity index (χ0) is 13.0. The minimum atomic E-state index is -0.273. The van der Waals surface area contributed by atoms with E-state index < -0.39 is 0 Å². The van der Waals surface area contributed by atoms with Crippen LogP contribution in [0.2, 0.25) is 0 Å². The smallest absolute Gasteiger partial charge is 0.124 e. The first-order valence-corrected chi connectivity index (χ1v) is 6.16. The number of halogens is 2. The Kier molecular flexibility index (Phi) is 4.35. The SMILES string of the molecule is NNC(Cc1ccc(F)cc1Br)c1ccncn1. The van der Waals surface area contributed by atoms with Crippen molar-refractivity contribution in [2.24, 2.45) is 5.84 Å². The van der Waals surface area contributed by atoms with Crippen LogP contribution in [0.4, 0.5) is 4.39 Å². The predicted molar refractivity (Wildman–Crippen MR) is 69.9 cm³/mol. The topological polar surface area (TPSA) is 63.8 Å². The van der Waals surface area contributed by atoms with Gasteiger partial charge in [0, 0.05) is 10.7 Å². The molecule has 1 atom stereocenters. The van der Waals surface area contributed by atoms with Crippen molar-refractivity contribution in [1.29, 1.82) is 0 Å². The van der Waals surface area contributed by atoms with E-state index in [1.807, 2.05) is 0 Å². The van der Waals surface area contributed by atoms with Gasteiger partial charge in [0.25, 0.3) is 0 Å². The molecule has 94 valence electrons. The number of nitrogens with one attached hydrogen (secondary N) is 1. The van der Waals surface area contributed by atoms with E-state index in [1.165, 1.54) is 18.5 Å². The molecule has 0 amide bonds. The van der Waals surface area contributed by atoms with Gasteiger partial charge < -0.3 is 0 Å². The summed E-state index contributed by atoms with van der Waals surface area (Å²) < 4.78 is 13.7. The highest BCUT2D eigenvalue weighted by molar-refractivity contribution is 9.10. The maximum Gasteiger partial charge on any atom is 0.124 e. The van der Waals surface area contributed by atoms with E-state index in [1.54, 1.807) is 18.3 Å². The Morgan fingerprint density at radius 1 is 1.39 bits per heavy atom. The van der Waals surface area contributed by atoms with Crippen molar-refractivity contribution in [3.63, 3.8) is 0 Å². The zero-order valence-electron chi connectivity index (χ0n) is 9.48. The van der Waals surface area contributed by atoms with Crippen LogP contribution < -0.4 is 11.3 Å². The average molecular weight is 311 g/mol. The Bertz CT molecular complexity index is 521. The number of nitrogens with two attached hydrogens (primary N) is 1. The summed E-state index contributed by atoms with van der Waals surface area (Å²) in [6, 6.07) is 6.23. The lowest BCUT2D eigenvalue weighted by atomic mass is 10.0. The summed E-state index contributed by atoms with van der Waals surface area (Å²) in [5.74, 6) is 5.26. The molecule has 1 aromatic carbocycles. The number of rotatable bonds is 4. The summed E-state index contributed by atoms with van der Waals surface area (Å²) >= 11 is 3.34. The standard InChI is InChI=1S/C12H12BrFN4/c13-10-6-9(14)2-1-8(10)5-12(18-15)11-3-4-16-7-17-11/h1-4,6-7,12,18H,5,15H2. The lowest BCUT2D eigenvalue weighted by Gasteiger charge is -2.16. The van der Waals surface area contributed by atoms with Crippen LogP contribution in [0.25, 0.3) is 0 Å². The van der Waals surface area contributed by atoms with E-state index in [-0.39, 0.29) is 11.9 Å². The van der Waals surface area contributed by atoms with Gasteiger partial charge in [-0.3, -0.25) is 11.3 Å². The van der Waals surface area contributed by atoms with E-state index in [2.05, 4.69) is 31.3 Å². The Morgan fingerprint density at radius 3 is 2.83 bits per heavy atom. The van der Waals surface area contributed by atoms with Gasteiger partial charge in [0.05, 0.1) is 11.7 Å². The van der Waals surface area contributed by atoms with Gasteiger partial charge in [-0.25, -0.2) is 14.4 Å². The number of aromatic nitrogens is 2. The molecular weight excluding hydrogens is 299 g/mol. The van der Waals surface area contributed by atoms with Gasteiger partial charge in [-0.05, 0) is 30.2 Å². The fourth-order valence-electron chi connectivity index (χ4n) is 1.66. The van der Waals surface area contributed by atoms with Gasteiger partial charge in [0.1, 0.15) is 12.1 Å². The fourth-order valence-corrected chi connectivity index (χ4v) is 2.18. The molecule has 18 heavy (non-hydrogen) atoms. The molecule has 2 rings (SSSR count). The third-order valence-electron chi connectivity index (χ3n) is 2.60. The molecule has 0 radical (unpaired) electrons. The van der Waals surface area contributed by atoms with Crippen molar-refractivity contribution < 1.29 is 4.39 Å². The van der Waals surface area contributed by atoms with E-state index in [0.29, 0.717) is 6.42 Å². The fraction of sp³-hybridized carbons (Fsp3) is 0.167. The molecule has 1 aromatic heterocycles. The van der Waals surface area contributed by atoms with Crippen molar-refractivity contribution in [2.45, 2.75) is 12.5 Å². The summed E-state index contributed by atoms with van der Waals surface area (Å²) in [5.41, 5.74) is 4.46. The van der Waals surface area contributed by atoms with Crippen LogP contribution in [0.15, 0.2) is 41.3 Å². The van der Waals surface area contributed by atoms with Gasteiger partial charge in [-0.1, -0.05) is 22.0 Å². The maximum absolute atomic E-state index is 13.0. The van der Waals surface area contributed by atoms with Crippen molar-refractivity contribution in [3.8, 4) is 0 Å². The van der Waals surface area contributed by atoms with Gasteiger partial charge in [-0.2, -0.15) is 0 Å². The second-order valence-electron chi connectivity index (χ2n) is 3.79. The van der Waals surface area contributed by atoms with Crippen LogP contribution in [0, 0.1) is 5.82 Å². The Labute approximate surface area is 113 Å². The first kappa shape index (κ1) is 13.1. The molecule has 0 fully saturated rings.